The average molecular weight is 307 g/mol. The van der Waals surface area contributed by atoms with Gasteiger partial charge >= 0.3 is 0 Å². The van der Waals surface area contributed by atoms with Crippen molar-refractivity contribution >= 4 is 16.9 Å². The smallest absolute Gasteiger partial charge is 0.154 e. The number of nitrogens with one attached hydrogen (secondary N) is 1. The first-order valence-corrected chi connectivity index (χ1v) is 7.80. The number of aromatic amines is 1. The average Bonchev–Trinajstić information content (AvgIpc) is 3.21. The summed E-state index contributed by atoms with van der Waals surface area (Å²) in [6.07, 6.45) is 9.38. The predicted octanol–water partition coefficient (Wildman–Crippen LogP) is 2.66. The number of H-pyrrole nitrogens is 1. The fourth-order valence-corrected chi connectivity index (χ4v) is 3.42. The van der Waals surface area contributed by atoms with Gasteiger partial charge in [0.05, 0.1) is 29.3 Å². The highest BCUT2D eigenvalue weighted by molar-refractivity contribution is 5.92. The molecule has 1 saturated carbocycles. The minimum Gasteiger partial charge on any atom is -0.382 e. The molecule has 2 atom stereocenters. The number of nitrogen functional groups attached to an aromatic ring is 1. The van der Waals surface area contributed by atoms with Crippen LogP contribution in [0.3, 0.4) is 0 Å². The summed E-state index contributed by atoms with van der Waals surface area (Å²) in [5, 5.41) is 14.8. The van der Waals surface area contributed by atoms with Crippen LogP contribution in [0, 0.1) is 17.2 Å². The molecule has 0 aromatic carbocycles. The van der Waals surface area contributed by atoms with E-state index in [0.717, 1.165) is 48.0 Å². The molecular formula is C16H17N7. The lowest BCUT2D eigenvalue weighted by Gasteiger charge is -2.26. The van der Waals surface area contributed by atoms with Gasteiger partial charge in [0.25, 0.3) is 0 Å². The van der Waals surface area contributed by atoms with Gasteiger partial charge in [0.15, 0.2) is 5.82 Å². The zero-order chi connectivity index (χ0) is 15.8. The van der Waals surface area contributed by atoms with Crippen molar-refractivity contribution in [3.63, 3.8) is 0 Å². The van der Waals surface area contributed by atoms with Crippen LogP contribution >= 0.6 is 0 Å². The van der Waals surface area contributed by atoms with E-state index in [1.165, 1.54) is 6.33 Å². The Morgan fingerprint density at radius 1 is 1.30 bits per heavy atom. The Morgan fingerprint density at radius 3 is 3.04 bits per heavy atom. The maximum atomic E-state index is 9.38. The number of hydrogen-bond donors (Lipinski definition) is 2. The van der Waals surface area contributed by atoms with E-state index in [-0.39, 0.29) is 12.0 Å². The van der Waals surface area contributed by atoms with Crippen LogP contribution in [0.1, 0.15) is 31.7 Å². The first-order chi connectivity index (χ1) is 11.3. The molecular weight excluding hydrogens is 290 g/mol. The summed E-state index contributed by atoms with van der Waals surface area (Å²) in [5.74, 6) is 0.432. The number of hydrogen-bond acceptors (Lipinski definition) is 5. The summed E-state index contributed by atoms with van der Waals surface area (Å²) in [6, 6.07) is 4.44. The molecule has 0 aliphatic heterocycles. The van der Waals surface area contributed by atoms with Crippen LogP contribution in [0.25, 0.3) is 22.3 Å². The third kappa shape index (κ3) is 2.23. The van der Waals surface area contributed by atoms with Gasteiger partial charge in [-0.05, 0) is 18.9 Å². The molecule has 2 unspecified atom stereocenters. The van der Waals surface area contributed by atoms with Crippen LogP contribution in [-0.4, -0.2) is 24.7 Å². The molecule has 0 amide bonds. The molecule has 1 aliphatic rings. The molecule has 4 rings (SSSR count). The molecule has 3 heterocycles. The third-order valence-corrected chi connectivity index (χ3v) is 4.60. The minimum absolute atomic E-state index is 0.00595. The van der Waals surface area contributed by atoms with Crippen molar-refractivity contribution in [1.29, 1.82) is 5.26 Å². The number of fused-ring (bicyclic) bond motifs is 1. The Hall–Kier alpha value is -2.88. The second-order valence-electron chi connectivity index (χ2n) is 5.96. The Bertz CT molecular complexity index is 885. The largest absolute Gasteiger partial charge is 0.382 e. The fourth-order valence-electron chi connectivity index (χ4n) is 3.42. The fraction of sp³-hybridized carbons (Fsp3) is 0.375. The molecule has 7 nitrogen and oxygen atoms in total. The van der Waals surface area contributed by atoms with Crippen molar-refractivity contribution in [3.05, 3.63) is 24.8 Å². The van der Waals surface area contributed by atoms with Gasteiger partial charge in [-0.1, -0.05) is 12.8 Å². The molecule has 3 aromatic rings. The van der Waals surface area contributed by atoms with Crippen molar-refractivity contribution in [2.45, 2.75) is 31.7 Å². The van der Waals surface area contributed by atoms with Gasteiger partial charge in [0, 0.05) is 17.8 Å². The SMILES string of the molecule is N#CC1CCCCC1n1cc(-c2ncnc3[nH]ccc23)c(N)n1. The highest BCUT2D eigenvalue weighted by Crippen LogP contribution is 2.36. The first kappa shape index (κ1) is 13.8. The van der Waals surface area contributed by atoms with Crippen LogP contribution in [-0.2, 0) is 0 Å². The summed E-state index contributed by atoms with van der Waals surface area (Å²) >= 11 is 0. The van der Waals surface area contributed by atoms with E-state index in [0.29, 0.717) is 5.82 Å². The number of nitrogens with zero attached hydrogens (tertiary/aromatic N) is 5. The van der Waals surface area contributed by atoms with Crippen LogP contribution in [0.4, 0.5) is 5.82 Å². The number of nitrogens with two attached hydrogens (primary N) is 1. The van der Waals surface area contributed by atoms with Crippen molar-refractivity contribution in [2.24, 2.45) is 5.92 Å². The van der Waals surface area contributed by atoms with Crippen molar-refractivity contribution < 1.29 is 0 Å². The maximum Gasteiger partial charge on any atom is 0.154 e. The van der Waals surface area contributed by atoms with Gasteiger partial charge in [-0.15, -0.1) is 0 Å². The zero-order valence-electron chi connectivity index (χ0n) is 12.6. The van der Waals surface area contributed by atoms with E-state index in [1.54, 1.807) is 0 Å². The summed E-state index contributed by atoms with van der Waals surface area (Å²) < 4.78 is 1.86. The molecule has 23 heavy (non-hydrogen) atoms. The normalized spacial score (nSPS) is 21.3. The molecule has 7 heteroatoms. The molecule has 0 radical (unpaired) electrons. The molecule has 1 fully saturated rings. The van der Waals surface area contributed by atoms with E-state index in [9.17, 15) is 5.26 Å². The summed E-state index contributed by atoms with van der Waals surface area (Å²) in [6.45, 7) is 0. The molecule has 3 aromatic heterocycles. The molecule has 1 aliphatic carbocycles. The van der Waals surface area contributed by atoms with Crippen LogP contribution in [0.15, 0.2) is 24.8 Å². The Labute approximate surface area is 133 Å². The van der Waals surface area contributed by atoms with Crippen molar-refractivity contribution in [2.75, 3.05) is 5.73 Å². The Balaban J connectivity index is 1.78. The second kappa shape index (κ2) is 5.39. The van der Waals surface area contributed by atoms with Crippen LogP contribution in [0.5, 0.6) is 0 Å². The lowest BCUT2D eigenvalue weighted by Crippen LogP contribution is -2.22. The maximum absolute atomic E-state index is 9.38. The number of anilines is 1. The van der Waals surface area contributed by atoms with Crippen molar-refractivity contribution in [1.82, 2.24) is 24.7 Å². The summed E-state index contributed by atoms with van der Waals surface area (Å²) in [4.78, 5) is 11.7. The molecule has 116 valence electrons. The van der Waals surface area contributed by atoms with Gasteiger partial charge in [0.2, 0.25) is 0 Å². The monoisotopic (exact) mass is 307 g/mol. The van der Waals surface area contributed by atoms with E-state index in [4.69, 9.17) is 5.73 Å². The van der Waals surface area contributed by atoms with E-state index in [1.807, 2.05) is 23.1 Å². The first-order valence-electron chi connectivity index (χ1n) is 7.80. The van der Waals surface area contributed by atoms with Crippen molar-refractivity contribution in [3.8, 4) is 17.3 Å². The van der Waals surface area contributed by atoms with Gasteiger partial charge in [-0.3, -0.25) is 4.68 Å². The topological polar surface area (TPSA) is 109 Å². The minimum atomic E-state index is -0.00595. The van der Waals surface area contributed by atoms with Crippen LogP contribution in [0.2, 0.25) is 0 Å². The highest BCUT2D eigenvalue weighted by Gasteiger charge is 2.28. The molecule has 0 saturated heterocycles. The van der Waals surface area contributed by atoms with E-state index in [2.05, 4.69) is 26.1 Å². The standard InChI is InChI=1S/C16H17N7/c17-7-10-3-1-2-4-13(10)23-8-12(15(18)22-23)14-11-5-6-19-16(11)21-9-20-14/h5-6,8-10,13H,1-4H2,(H2,18,22)(H,19,20,21). The Kier molecular flexibility index (Phi) is 3.23. The molecule has 0 bridgehead atoms. The third-order valence-electron chi connectivity index (χ3n) is 4.60. The zero-order valence-corrected chi connectivity index (χ0v) is 12.6. The number of rotatable bonds is 2. The lowest BCUT2D eigenvalue weighted by atomic mass is 9.85. The quantitative estimate of drug-likeness (QED) is 0.756. The van der Waals surface area contributed by atoms with E-state index < -0.39 is 0 Å². The summed E-state index contributed by atoms with van der Waals surface area (Å²) in [5.41, 5.74) is 8.47. The van der Waals surface area contributed by atoms with Gasteiger partial charge in [0.1, 0.15) is 12.0 Å². The Morgan fingerprint density at radius 2 is 2.17 bits per heavy atom. The molecule has 0 spiro atoms. The summed E-state index contributed by atoms with van der Waals surface area (Å²) in [7, 11) is 0. The van der Waals surface area contributed by atoms with E-state index >= 15 is 0 Å². The number of nitriles is 1. The lowest BCUT2D eigenvalue weighted by molar-refractivity contribution is 0.271. The highest BCUT2D eigenvalue weighted by atomic mass is 15.3. The van der Waals surface area contributed by atoms with Gasteiger partial charge in [-0.2, -0.15) is 10.4 Å². The second-order valence-corrected chi connectivity index (χ2v) is 5.96. The van der Waals surface area contributed by atoms with Crippen LogP contribution < -0.4 is 5.73 Å². The van der Waals surface area contributed by atoms with Gasteiger partial charge in [-0.25, -0.2) is 9.97 Å². The van der Waals surface area contributed by atoms with Gasteiger partial charge < -0.3 is 10.7 Å². The molecule has 3 N–H and O–H groups in total. The number of aromatic nitrogens is 5. The predicted molar refractivity (Wildman–Crippen MR) is 86.1 cm³/mol.